The summed E-state index contributed by atoms with van der Waals surface area (Å²) in [5.41, 5.74) is -10.4. The average molecular weight is 620 g/mol. The third kappa shape index (κ3) is 30.1. The first-order valence-corrected chi connectivity index (χ1v) is 10.6. The van der Waals surface area contributed by atoms with Gasteiger partial charge in [0.15, 0.2) is 10.0 Å². The number of unbranched alkanes of at least 4 members (excludes halogenated alkanes) is 1. The maximum absolute atomic E-state index is 11.7. The molecule has 0 aromatic rings. The number of hydrogen-bond donors (Lipinski definition) is 0. The second-order valence-corrected chi connectivity index (χ2v) is 8.55. The molecule has 0 spiro atoms. The number of halogens is 6. The zero-order valence-corrected chi connectivity index (χ0v) is 29.7. The van der Waals surface area contributed by atoms with Gasteiger partial charge in [-0.2, -0.15) is 26.3 Å². The van der Waals surface area contributed by atoms with Crippen molar-refractivity contribution >= 4 is 26.3 Å². The maximum Gasteiger partial charge on any atom is 1.00 e. The molecule has 0 aromatic carbocycles. The minimum atomic E-state index is -5.31. The van der Waals surface area contributed by atoms with Crippen LogP contribution < -0.4 is 159 Å². The zero-order valence-electron chi connectivity index (χ0n) is 19.7. The van der Waals surface area contributed by atoms with Gasteiger partial charge in [-0.15, -0.1) is 6.54 Å². The number of nitrogens with zero attached hydrogens (tertiary/aromatic N) is 1. The van der Waals surface area contributed by atoms with E-state index in [1.54, 1.807) is 0 Å². The van der Waals surface area contributed by atoms with Crippen LogP contribution in [0.2, 0.25) is 0 Å². The Morgan fingerprint density at radius 3 is 1.55 bits per heavy atom. The Hall–Kier alpha value is 3.70. The van der Waals surface area contributed by atoms with Gasteiger partial charge in [-0.05, 0) is 19.3 Å². The minimum Gasteiger partial charge on any atom is -1.00 e. The van der Waals surface area contributed by atoms with Crippen LogP contribution in [0.25, 0.3) is 4.72 Å². The summed E-state index contributed by atoms with van der Waals surface area (Å²) in [6.45, 7) is -0.139. The van der Waals surface area contributed by atoms with E-state index in [-0.39, 0.29) is 188 Å². The van der Waals surface area contributed by atoms with E-state index in [9.17, 15) is 43.2 Å². The molecule has 10 nitrogen and oxygen atoms in total. The molecule has 0 rings (SSSR count). The Balaban J connectivity index is -0.0000000671. The second kappa shape index (κ2) is 27.3. The van der Waals surface area contributed by atoms with E-state index >= 15 is 0 Å². The number of methoxy groups -OCH3 is 2. The molecule has 0 unspecified atom stereocenters. The third-order valence-corrected chi connectivity index (χ3v) is 5.10. The van der Waals surface area contributed by atoms with Gasteiger partial charge in [0.2, 0.25) is 9.84 Å². The van der Waals surface area contributed by atoms with Gasteiger partial charge in [0, 0.05) is 27.4 Å². The molecular weight excluding hydrogens is 598 g/mol. The molecule has 0 heterocycles. The fraction of sp³-hybridized carbons (Fsp3) is 0.917. The standard InChI is InChI=1S/C6H11F3O3S.C5H9F3NO3S.CH2O3.3K.H/c1-12-4-2-3-5-13(10,11)6(7,8)9;1-12-4-2-3-9-13(10,11)5(6,7)8;2-1-4-3;;;;/h2-5H2,1H3;2-4H2,1H3;1,3H;;;;/q;-1;;3*+1;-1/p-1. The molecular formula is C12H22F6K3NO9S2. The van der Waals surface area contributed by atoms with Gasteiger partial charge in [-0.25, -0.2) is 16.8 Å². The Kier molecular flexibility index (Phi) is 41.0. The summed E-state index contributed by atoms with van der Waals surface area (Å²) >= 11 is 0. The first kappa shape index (κ1) is 49.6. The number of rotatable bonds is 11. The maximum atomic E-state index is 11.7. The Labute approximate surface area is 317 Å². The molecule has 33 heavy (non-hydrogen) atoms. The molecule has 0 aliphatic heterocycles. The van der Waals surface area contributed by atoms with Crippen molar-refractivity contribution in [2.45, 2.75) is 30.3 Å². The second-order valence-electron chi connectivity index (χ2n) is 4.78. The van der Waals surface area contributed by atoms with Crippen LogP contribution in [0.1, 0.15) is 20.7 Å². The monoisotopic (exact) mass is 619 g/mol. The van der Waals surface area contributed by atoms with Gasteiger partial charge < -0.3 is 25.8 Å². The molecule has 0 aliphatic carbocycles. The number of sulfonamides is 1. The third-order valence-electron chi connectivity index (χ3n) is 2.46. The molecule has 0 saturated carbocycles. The predicted octanol–water partition coefficient (Wildman–Crippen LogP) is -7.85. The van der Waals surface area contributed by atoms with Crippen LogP contribution in [0, 0.1) is 0 Å². The molecule has 0 fully saturated rings. The van der Waals surface area contributed by atoms with Gasteiger partial charge in [-0.3, -0.25) is 4.79 Å². The van der Waals surface area contributed by atoms with Gasteiger partial charge in [-0.1, -0.05) is 0 Å². The van der Waals surface area contributed by atoms with Crippen molar-refractivity contribution in [3.63, 3.8) is 0 Å². The number of carbonyl (C=O) groups is 1. The van der Waals surface area contributed by atoms with Gasteiger partial charge >= 0.3 is 165 Å². The fourth-order valence-corrected chi connectivity index (χ4v) is 2.45. The van der Waals surface area contributed by atoms with Crippen molar-refractivity contribution in [1.82, 2.24) is 0 Å². The van der Waals surface area contributed by atoms with Crippen LogP contribution in [0.4, 0.5) is 26.3 Å². The Morgan fingerprint density at radius 2 is 1.24 bits per heavy atom. The van der Waals surface area contributed by atoms with E-state index in [4.69, 9.17) is 10.1 Å². The summed E-state index contributed by atoms with van der Waals surface area (Å²) < 4.78 is 123. The summed E-state index contributed by atoms with van der Waals surface area (Å²) in [7, 11) is -7.48. The van der Waals surface area contributed by atoms with Crippen LogP contribution in [0.15, 0.2) is 0 Å². The van der Waals surface area contributed by atoms with Crippen LogP contribution in [0.5, 0.6) is 0 Å². The van der Waals surface area contributed by atoms with Gasteiger partial charge in [0.05, 0.1) is 5.75 Å². The van der Waals surface area contributed by atoms with Crippen molar-refractivity contribution < 1.29 is 223 Å². The van der Waals surface area contributed by atoms with E-state index in [1.165, 1.54) is 14.2 Å². The van der Waals surface area contributed by atoms with E-state index in [1.807, 2.05) is 0 Å². The van der Waals surface area contributed by atoms with E-state index in [0.717, 1.165) is 0 Å². The summed E-state index contributed by atoms with van der Waals surface area (Å²) in [4.78, 5) is 11.2. The normalized spacial score (nSPS) is 11.1. The number of sulfone groups is 1. The van der Waals surface area contributed by atoms with E-state index < -0.39 is 43.2 Å². The Bertz CT molecular complexity index is 605. The van der Waals surface area contributed by atoms with Gasteiger partial charge in [0.1, 0.15) is 0 Å². The molecule has 0 aliphatic rings. The van der Waals surface area contributed by atoms with Crippen molar-refractivity contribution in [2.24, 2.45) is 0 Å². The summed E-state index contributed by atoms with van der Waals surface area (Å²) in [6, 6.07) is 0. The SMILES string of the molecule is COCCCCS(=O)(=O)C(F)(F)F.COCCC[N-]S(=O)(=O)C(F)(F)F.O=CO[O-].[H-].[K+].[K+].[K+]. The quantitative estimate of drug-likeness (QED) is 0.0549. The smallest absolute Gasteiger partial charge is 1.00 e. The molecule has 0 N–H and O–H groups in total. The number of hydrogen-bond acceptors (Lipinski definition) is 9. The fourth-order valence-electron chi connectivity index (χ4n) is 1.12. The number of carbonyl (C=O) groups excluding carboxylic acids is 1. The van der Waals surface area contributed by atoms with Crippen molar-refractivity contribution in [3.8, 4) is 0 Å². The van der Waals surface area contributed by atoms with Crippen LogP contribution >= 0.6 is 0 Å². The first-order chi connectivity index (χ1) is 13.5. The minimum absolute atomic E-state index is 0. The summed E-state index contributed by atoms with van der Waals surface area (Å²) in [5, 5.41) is 8.43. The zero-order chi connectivity index (χ0) is 24.5. The van der Waals surface area contributed by atoms with Gasteiger partial charge in [0.25, 0.3) is 6.47 Å². The molecule has 21 heteroatoms. The van der Waals surface area contributed by atoms with Crippen molar-refractivity contribution in [1.29, 1.82) is 0 Å². The average Bonchev–Trinajstić information content (AvgIpc) is 2.61. The van der Waals surface area contributed by atoms with E-state index in [0.29, 0.717) is 6.42 Å². The number of alkyl halides is 6. The molecule has 0 bridgehead atoms. The molecule has 186 valence electrons. The van der Waals surface area contributed by atoms with Crippen LogP contribution in [-0.2, 0) is 39.0 Å². The number of ether oxygens (including phenoxy) is 2. The van der Waals surface area contributed by atoms with Crippen LogP contribution in [-0.4, -0.2) is 74.1 Å². The first-order valence-electron chi connectivity index (χ1n) is 7.53. The molecule has 0 radical (unpaired) electrons. The topological polar surface area (TPSA) is 150 Å². The molecule has 0 amide bonds. The van der Waals surface area contributed by atoms with Crippen molar-refractivity contribution in [2.75, 3.05) is 39.7 Å². The molecule has 0 saturated heterocycles. The summed E-state index contributed by atoms with van der Waals surface area (Å²) in [5.74, 6) is -0.861. The largest absolute Gasteiger partial charge is 1.00 e. The van der Waals surface area contributed by atoms with Crippen LogP contribution in [0.3, 0.4) is 0 Å². The molecule has 0 aromatic heterocycles. The molecule has 0 atom stereocenters. The summed E-state index contributed by atoms with van der Waals surface area (Å²) in [6.07, 6.45) is 0.424. The predicted molar refractivity (Wildman–Crippen MR) is 88.9 cm³/mol. The Morgan fingerprint density at radius 1 is 0.848 bits per heavy atom. The van der Waals surface area contributed by atoms with E-state index in [2.05, 4.69) is 19.1 Å². The van der Waals surface area contributed by atoms with Crippen molar-refractivity contribution in [3.05, 3.63) is 4.72 Å².